The molecule has 0 radical (unpaired) electrons. The van der Waals surface area contributed by atoms with Crippen LogP contribution in [-0.2, 0) is 19.6 Å². The minimum absolute atomic E-state index is 0.0996. The molecule has 0 bridgehead atoms. The molecule has 1 aromatic rings. The Labute approximate surface area is 145 Å². The highest BCUT2D eigenvalue weighted by molar-refractivity contribution is 5.89. The zero-order valence-electron chi connectivity index (χ0n) is 14.1. The van der Waals surface area contributed by atoms with Gasteiger partial charge in [0, 0.05) is 16.0 Å². The third-order valence-corrected chi connectivity index (χ3v) is 5.41. The lowest BCUT2D eigenvalue weighted by molar-refractivity contribution is -0.169. The van der Waals surface area contributed by atoms with E-state index in [2.05, 4.69) is 10.0 Å². The van der Waals surface area contributed by atoms with Crippen LogP contribution >= 0.6 is 0 Å². The van der Waals surface area contributed by atoms with E-state index in [1.807, 2.05) is 31.2 Å². The van der Waals surface area contributed by atoms with E-state index in [4.69, 9.17) is 19.7 Å². The standard InChI is InChI=1S/C17H20N4O4/c1-16(23-8-9-24-16)17(6-7-17)12-2-4-13(5-3-12)21-11-14(10-19-20-18)25-15(21)22/h2-5,14H,6-11H2,1H3/t14-/m0/s1. The number of azide groups is 1. The van der Waals surface area contributed by atoms with Gasteiger partial charge in [-0.15, -0.1) is 0 Å². The Balaban J connectivity index is 1.51. The summed E-state index contributed by atoms with van der Waals surface area (Å²) in [6, 6.07) is 7.91. The molecule has 1 atom stereocenters. The molecule has 0 N–H and O–H groups in total. The molecule has 25 heavy (non-hydrogen) atoms. The number of carbonyl (C=O) groups is 1. The second-order valence-electron chi connectivity index (χ2n) is 6.80. The maximum Gasteiger partial charge on any atom is 0.414 e. The molecule has 3 fully saturated rings. The minimum Gasteiger partial charge on any atom is -0.444 e. The van der Waals surface area contributed by atoms with Crippen LogP contribution in [0.4, 0.5) is 10.5 Å². The van der Waals surface area contributed by atoms with Crippen molar-refractivity contribution in [2.75, 3.05) is 31.2 Å². The van der Waals surface area contributed by atoms with E-state index in [0.717, 1.165) is 18.5 Å². The average molecular weight is 344 g/mol. The minimum atomic E-state index is -0.568. The van der Waals surface area contributed by atoms with Gasteiger partial charge in [0.15, 0.2) is 5.79 Å². The van der Waals surface area contributed by atoms with Crippen molar-refractivity contribution < 1.29 is 19.0 Å². The molecule has 2 heterocycles. The van der Waals surface area contributed by atoms with Crippen LogP contribution in [0.5, 0.6) is 0 Å². The van der Waals surface area contributed by atoms with Gasteiger partial charge in [-0.1, -0.05) is 17.2 Å². The molecule has 8 heteroatoms. The fourth-order valence-corrected chi connectivity index (χ4v) is 3.84. The Morgan fingerprint density at radius 1 is 1.28 bits per heavy atom. The fraction of sp³-hybridized carbons (Fsp3) is 0.588. The van der Waals surface area contributed by atoms with Crippen LogP contribution in [0.15, 0.2) is 29.4 Å². The zero-order valence-corrected chi connectivity index (χ0v) is 14.1. The first-order valence-electron chi connectivity index (χ1n) is 8.45. The van der Waals surface area contributed by atoms with Gasteiger partial charge in [0.25, 0.3) is 0 Å². The van der Waals surface area contributed by atoms with E-state index in [-0.39, 0.29) is 12.0 Å². The van der Waals surface area contributed by atoms with Gasteiger partial charge in [0.1, 0.15) is 6.10 Å². The van der Waals surface area contributed by atoms with Crippen LogP contribution in [0, 0.1) is 0 Å². The topological polar surface area (TPSA) is 96.8 Å². The van der Waals surface area contributed by atoms with E-state index < -0.39 is 18.0 Å². The van der Waals surface area contributed by atoms with E-state index in [9.17, 15) is 4.79 Å². The summed E-state index contributed by atoms with van der Waals surface area (Å²) in [4.78, 5) is 16.3. The van der Waals surface area contributed by atoms with E-state index in [1.165, 1.54) is 5.56 Å². The van der Waals surface area contributed by atoms with Crippen LogP contribution in [-0.4, -0.2) is 44.3 Å². The maximum absolute atomic E-state index is 12.0. The molecule has 1 saturated carbocycles. The van der Waals surface area contributed by atoms with Crippen molar-refractivity contribution >= 4 is 11.8 Å². The molecule has 132 valence electrons. The number of cyclic esters (lactones) is 1. The van der Waals surface area contributed by atoms with Crippen molar-refractivity contribution in [1.82, 2.24) is 0 Å². The first-order valence-corrected chi connectivity index (χ1v) is 8.45. The molecular weight excluding hydrogens is 324 g/mol. The monoisotopic (exact) mass is 344 g/mol. The number of ether oxygens (including phenoxy) is 3. The Bertz CT molecular complexity index is 719. The van der Waals surface area contributed by atoms with Gasteiger partial charge in [-0.2, -0.15) is 0 Å². The van der Waals surface area contributed by atoms with Gasteiger partial charge < -0.3 is 14.2 Å². The first-order chi connectivity index (χ1) is 12.1. The van der Waals surface area contributed by atoms with Crippen molar-refractivity contribution in [1.29, 1.82) is 0 Å². The number of amides is 1. The quantitative estimate of drug-likeness (QED) is 0.465. The van der Waals surface area contributed by atoms with Gasteiger partial charge in [-0.25, -0.2) is 4.79 Å². The number of hydrogen-bond acceptors (Lipinski definition) is 5. The Morgan fingerprint density at radius 3 is 2.56 bits per heavy atom. The van der Waals surface area contributed by atoms with Gasteiger partial charge in [-0.3, -0.25) is 4.90 Å². The molecule has 1 aliphatic carbocycles. The summed E-state index contributed by atoms with van der Waals surface area (Å²) in [6.45, 7) is 3.79. The molecule has 2 aliphatic heterocycles. The van der Waals surface area contributed by atoms with Gasteiger partial charge >= 0.3 is 6.09 Å². The molecular formula is C17H20N4O4. The van der Waals surface area contributed by atoms with Crippen LogP contribution in [0.3, 0.4) is 0 Å². The molecule has 0 unspecified atom stereocenters. The molecule has 2 saturated heterocycles. The first kappa shape index (κ1) is 16.2. The Hall–Kier alpha value is -2.28. The molecule has 1 aromatic carbocycles. The number of rotatable bonds is 5. The smallest absolute Gasteiger partial charge is 0.414 e. The van der Waals surface area contributed by atoms with Crippen molar-refractivity contribution in [3.63, 3.8) is 0 Å². The molecule has 4 rings (SSSR count). The van der Waals surface area contributed by atoms with E-state index >= 15 is 0 Å². The lowest BCUT2D eigenvalue weighted by atomic mass is 9.87. The number of nitrogens with zero attached hydrogens (tertiary/aromatic N) is 4. The van der Waals surface area contributed by atoms with E-state index in [0.29, 0.717) is 19.8 Å². The second kappa shape index (κ2) is 5.91. The predicted octanol–water partition coefficient (Wildman–Crippen LogP) is 3.12. The largest absolute Gasteiger partial charge is 0.444 e. The van der Waals surface area contributed by atoms with Crippen LogP contribution in [0.25, 0.3) is 10.4 Å². The number of anilines is 1. The summed E-state index contributed by atoms with van der Waals surface area (Å²) in [5.41, 5.74) is 10.2. The molecule has 1 amide bonds. The van der Waals surface area contributed by atoms with Crippen molar-refractivity contribution in [3.05, 3.63) is 40.3 Å². The molecule has 3 aliphatic rings. The Kier molecular flexibility index (Phi) is 3.83. The highest BCUT2D eigenvalue weighted by atomic mass is 16.7. The average Bonchev–Trinajstić information content (AvgIpc) is 3.20. The number of benzene rings is 1. The summed E-state index contributed by atoms with van der Waals surface area (Å²) in [5.74, 6) is -0.568. The normalized spacial score (nSPS) is 26.2. The van der Waals surface area contributed by atoms with Gasteiger partial charge in [0.05, 0.1) is 26.3 Å². The fourth-order valence-electron chi connectivity index (χ4n) is 3.84. The summed E-state index contributed by atoms with van der Waals surface area (Å²) in [5, 5.41) is 3.47. The number of hydrogen-bond donors (Lipinski definition) is 0. The predicted molar refractivity (Wildman–Crippen MR) is 89.3 cm³/mol. The highest BCUT2D eigenvalue weighted by Gasteiger charge is 2.61. The van der Waals surface area contributed by atoms with Crippen LogP contribution < -0.4 is 4.90 Å². The molecule has 0 aromatic heterocycles. The lowest BCUT2D eigenvalue weighted by Gasteiger charge is -2.33. The van der Waals surface area contributed by atoms with Crippen molar-refractivity contribution in [2.24, 2.45) is 5.11 Å². The van der Waals surface area contributed by atoms with Crippen LogP contribution in [0.2, 0.25) is 0 Å². The van der Waals surface area contributed by atoms with Gasteiger partial charge in [0.2, 0.25) is 0 Å². The summed E-state index contributed by atoms with van der Waals surface area (Å²) in [7, 11) is 0. The van der Waals surface area contributed by atoms with Crippen molar-refractivity contribution in [3.8, 4) is 0 Å². The third-order valence-electron chi connectivity index (χ3n) is 5.41. The van der Waals surface area contributed by atoms with E-state index in [1.54, 1.807) is 4.90 Å². The Morgan fingerprint density at radius 2 is 1.96 bits per heavy atom. The molecule has 0 spiro atoms. The van der Waals surface area contributed by atoms with Gasteiger partial charge in [-0.05, 0) is 43.0 Å². The summed E-state index contributed by atoms with van der Waals surface area (Å²) < 4.78 is 17.0. The SMILES string of the molecule is CC1(C2(c3ccc(N4C[C@H](CN=[N+]=[N-])OC4=O)cc3)CC2)OCCO1. The zero-order chi connectivity index (χ0) is 17.5. The second-order valence-corrected chi connectivity index (χ2v) is 6.80. The maximum atomic E-state index is 12.0. The summed E-state index contributed by atoms with van der Waals surface area (Å²) in [6.07, 6.45) is 1.24. The highest BCUT2D eigenvalue weighted by Crippen LogP contribution is 2.58. The third kappa shape index (κ3) is 2.63. The number of carbonyl (C=O) groups excluding carboxylic acids is 1. The van der Waals surface area contributed by atoms with Crippen molar-refractivity contribution in [2.45, 2.75) is 37.1 Å². The summed E-state index contributed by atoms with van der Waals surface area (Å²) >= 11 is 0. The lowest BCUT2D eigenvalue weighted by Crippen LogP contribution is -2.40. The van der Waals surface area contributed by atoms with Crippen LogP contribution in [0.1, 0.15) is 25.3 Å². The molecule has 8 nitrogen and oxygen atoms in total.